The van der Waals surface area contributed by atoms with E-state index in [0.29, 0.717) is 0 Å². The van der Waals surface area contributed by atoms with Crippen LogP contribution in [0, 0.1) is 5.41 Å². The zero-order valence-electron chi connectivity index (χ0n) is 7.83. The number of alkyl halides is 1. The first-order valence-electron chi connectivity index (χ1n) is 3.93. The van der Waals surface area contributed by atoms with Crippen molar-refractivity contribution in [3.63, 3.8) is 0 Å². The van der Waals surface area contributed by atoms with Crippen molar-refractivity contribution in [3.05, 3.63) is 36.5 Å². The highest BCUT2D eigenvalue weighted by Crippen LogP contribution is 2.08. The van der Waals surface area contributed by atoms with Crippen molar-refractivity contribution in [2.75, 3.05) is 0 Å². The van der Waals surface area contributed by atoms with Crippen LogP contribution < -0.4 is 0 Å². The molecule has 0 fully saturated rings. The Kier molecular flexibility index (Phi) is 5.79. The van der Waals surface area contributed by atoms with Crippen molar-refractivity contribution in [2.45, 2.75) is 11.8 Å². The predicted molar refractivity (Wildman–Crippen MR) is 61.2 cm³/mol. The number of carbonyl (C=O) groups is 1. The molecule has 0 spiro atoms. The van der Waals surface area contributed by atoms with E-state index in [1.807, 2.05) is 0 Å². The third-order valence-corrected chi connectivity index (χ3v) is 1.96. The minimum Gasteiger partial charge on any atom is -0.478 e. The Bertz CT molecular complexity index is 289. The van der Waals surface area contributed by atoms with Gasteiger partial charge in [-0.2, -0.15) is 0 Å². The molecule has 0 aliphatic carbocycles. The third-order valence-electron chi connectivity index (χ3n) is 1.39. The number of nitrogens with one attached hydrogen (secondary N) is 1. The summed E-state index contributed by atoms with van der Waals surface area (Å²) < 4.78 is 0. The number of halogens is 1. The summed E-state index contributed by atoms with van der Waals surface area (Å²) in [6, 6.07) is 0. The molecule has 0 heterocycles. The Morgan fingerprint density at radius 2 is 2.21 bits per heavy atom. The van der Waals surface area contributed by atoms with Gasteiger partial charge in [-0.05, 0) is 6.92 Å². The standard InChI is InChI=1S/C10H12BrNO2/c1-3-4-5-8(11)6-9(7(2)12)10(13)14/h3-6,8,12H,1H2,2H3,(H,13,14)/b5-4+,9-6+,12-7?. The third kappa shape index (κ3) is 4.77. The van der Waals surface area contributed by atoms with Crippen molar-refractivity contribution in [3.8, 4) is 0 Å². The lowest BCUT2D eigenvalue weighted by Crippen LogP contribution is -2.10. The highest BCUT2D eigenvalue weighted by atomic mass is 79.9. The van der Waals surface area contributed by atoms with Gasteiger partial charge in [0.1, 0.15) is 0 Å². The van der Waals surface area contributed by atoms with Crippen molar-refractivity contribution < 1.29 is 9.90 Å². The van der Waals surface area contributed by atoms with E-state index >= 15 is 0 Å². The fourth-order valence-corrected chi connectivity index (χ4v) is 1.20. The number of carboxylic acids is 1. The Hall–Kier alpha value is -1.16. The summed E-state index contributed by atoms with van der Waals surface area (Å²) in [6.45, 7) is 4.94. The normalized spacial score (nSPS) is 14.0. The molecule has 2 N–H and O–H groups in total. The number of carboxylic acid groups (broad SMARTS) is 1. The van der Waals surface area contributed by atoms with Gasteiger partial charge in [0.15, 0.2) is 0 Å². The summed E-state index contributed by atoms with van der Waals surface area (Å²) in [7, 11) is 0. The molecule has 1 unspecified atom stereocenters. The van der Waals surface area contributed by atoms with Crippen LogP contribution in [0.2, 0.25) is 0 Å². The second kappa shape index (κ2) is 6.32. The maximum Gasteiger partial charge on any atom is 0.337 e. The topological polar surface area (TPSA) is 61.2 Å². The fourth-order valence-electron chi connectivity index (χ4n) is 0.756. The lowest BCUT2D eigenvalue weighted by molar-refractivity contribution is -0.132. The van der Waals surface area contributed by atoms with Crippen LogP contribution in [-0.2, 0) is 4.79 Å². The Morgan fingerprint density at radius 1 is 1.64 bits per heavy atom. The molecule has 3 nitrogen and oxygen atoms in total. The lowest BCUT2D eigenvalue weighted by atomic mass is 10.1. The number of hydrogen-bond acceptors (Lipinski definition) is 2. The van der Waals surface area contributed by atoms with Crippen LogP contribution in [0.1, 0.15) is 6.92 Å². The van der Waals surface area contributed by atoms with Gasteiger partial charge in [0, 0.05) is 5.71 Å². The van der Waals surface area contributed by atoms with Gasteiger partial charge in [-0.15, -0.1) is 0 Å². The molecule has 76 valence electrons. The van der Waals surface area contributed by atoms with Crippen LogP contribution in [-0.4, -0.2) is 21.6 Å². The molecule has 0 amide bonds. The molecule has 0 radical (unpaired) electrons. The second-order valence-electron chi connectivity index (χ2n) is 2.58. The zero-order valence-corrected chi connectivity index (χ0v) is 9.41. The molecule has 0 aromatic rings. The van der Waals surface area contributed by atoms with Gasteiger partial charge >= 0.3 is 5.97 Å². The molecule has 0 aliphatic rings. The molecule has 1 atom stereocenters. The van der Waals surface area contributed by atoms with Crippen molar-refractivity contribution in [1.82, 2.24) is 0 Å². The van der Waals surface area contributed by atoms with Crippen LogP contribution in [0.5, 0.6) is 0 Å². The molecule has 0 bridgehead atoms. The summed E-state index contributed by atoms with van der Waals surface area (Å²) in [5.74, 6) is -1.09. The van der Waals surface area contributed by atoms with Gasteiger partial charge < -0.3 is 10.5 Å². The van der Waals surface area contributed by atoms with E-state index < -0.39 is 5.97 Å². The maximum atomic E-state index is 10.7. The SMILES string of the molecule is C=C/C=C/C(Br)/C=C(\C(C)=N)C(=O)O. The monoisotopic (exact) mass is 257 g/mol. The van der Waals surface area contributed by atoms with E-state index in [0.717, 1.165) is 0 Å². The van der Waals surface area contributed by atoms with Gasteiger partial charge in [0.25, 0.3) is 0 Å². The van der Waals surface area contributed by atoms with Crippen LogP contribution in [0.4, 0.5) is 0 Å². The average molecular weight is 258 g/mol. The molecule has 0 aromatic carbocycles. The zero-order chi connectivity index (χ0) is 11.1. The highest BCUT2D eigenvalue weighted by molar-refractivity contribution is 9.09. The molecule has 0 saturated heterocycles. The van der Waals surface area contributed by atoms with Gasteiger partial charge in [-0.25, -0.2) is 4.79 Å². The first kappa shape index (κ1) is 12.8. The quantitative estimate of drug-likeness (QED) is 0.344. The minimum atomic E-state index is -1.09. The largest absolute Gasteiger partial charge is 0.478 e. The Labute approximate surface area is 91.5 Å². The molecule has 0 aliphatic heterocycles. The molecular weight excluding hydrogens is 246 g/mol. The molecule has 4 heteroatoms. The maximum absolute atomic E-state index is 10.7. The van der Waals surface area contributed by atoms with Crippen molar-refractivity contribution >= 4 is 27.6 Å². The molecule has 14 heavy (non-hydrogen) atoms. The summed E-state index contributed by atoms with van der Waals surface area (Å²) >= 11 is 3.25. The van der Waals surface area contributed by atoms with Crippen molar-refractivity contribution in [2.24, 2.45) is 0 Å². The van der Waals surface area contributed by atoms with Gasteiger partial charge in [-0.3, -0.25) is 0 Å². The van der Waals surface area contributed by atoms with E-state index in [-0.39, 0.29) is 16.1 Å². The second-order valence-corrected chi connectivity index (χ2v) is 3.63. The van der Waals surface area contributed by atoms with Gasteiger partial charge in [0.2, 0.25) is 0 Å². The average Bonchev–Trinajstić information content (AvgIpc) is 2.09. The smallest absolute Gasteiger partial charge is 0.337 e. The molecule has 0 rings (SSSR count). The van der Waals surface area contributed by atoms with Gasteiger partial charge in [0.05, 0.1) is 10.4 Å². The summed E-state index contributed by atoms with van der Waals surface area (Å²) in [4.78, 5) is 10.5. The summed E-state index contributed by atoms with van der Waals surface area (Å²) in [5, 5.41) is 16.0. The van der Waals surface area contributed by atoms with E-state index in [1.165, 1.54) is 13.0 Å². The van der Waals surface area contributed by atoms with Crippen LogP contribution in [0.15, 0.2) is 36.5 Å². The van der Waals surface area contributed by atoms with Crippen molar-refractivity contribution in [1.29, 1.82) is 5.41 Å². The Balaban J connectivity index is 4.73. The van der Waals surface area contributed by atoms with E-state index in [2.05, 4.69) is 22.5 Å². The van der Waals surface area contributed by atoms with Crippen LogP contribution in [0.3, 0.4) is 0 Å². The minimum absolute atomic E-state index is 0.000544. The lowest BCUT2D eigenvalue weighted by Gasteiger charge is -2.01. The van der Waals surface area contributed by atoms with E-state index in [4.69, 9.17) is 10.5 Å². The van der Waals surface area contributed by atoms with Gasteiger partial charge in [-0.1, -0.05) is 46.8 Å². The van der Waals surface area contributed by atoms with Crippen LogP contribution >= 0.6 is 15.9 Å². The number of aliphatic carboxylic acids is 1. The number of allylic oxidation sites excluding steroid dienone is 4. The first-order chi connectivity index (χ1) is 6.49. The highest BCUT2D eigenvalue weighted by Gasteiger charge is 2.10. The predicted octanol–water partition coefficient (Wildman–Crippen LogP) is 2.54. The molecular formula is C10H12BrNO2. The fraction of sp³-hybridized carbons (Fsp3) is 0.200. The number of rotatable bonds is 5. The number of hydrogen-bond donors (Lipinski definition) is 2. The Morgan fingerprint density at radius 3 is 2.57 bits per heavy atom. The summed E-state index contributed by atoms with van der Waals surface area (Å²) in [5.41, 5.74) is 0.0366. The molecule has 0 saturated carbocycles. The van der Waals surface area contributed by atoms with E-state index in [1.54, 1.807) is 18.2 Å². The van der Waals surface area contributed by atoms with Crippen LogP contribution in [0.25, 0.3) is 0 Å². The first-order valence-corrected chi connectivity index (χ1v) is 4.84. The molecule has 0 aromatic heterocycles. The van der Waals surface area contributed by atoms with E-state index in [9.17, 15) is 4.79 Å². The summed E-state index contributed by atoms with van der Waals surface area (Å²) in [6.07, 6.45) is 6.50.